The van der Waals surface area contributed by atoms with Crippen LogP contribution in [-0.2, 0) is 19.3 Å². The molecule has 3 N–H and O–H groups in total. The highest BCUT2D eigenvalue weighted by atomic mass is 14.7. The molecule has 1 unspecified atom stereocenters. The maximum Gasteiger partial charge on any atom is 0.0459 e. The Labute approximate surface area is 121 Å². The molecule has 0 bridgehead atoms. The van der Waals surface area contributed by atoms with Crippen molar-refractivity contribution in [2.75, 3.05) is 0 Å². The largest absolute Gasteiger partial charge is 0.361 e. The van der Waals surface area contributed by atoms with E-state index in [1.165, 1.54) is 48.6 Å². The first-order valence-corrected chi connectivity index (χ1v) is 8.15. The highest BCUT2D eigenvalue weighted by molar-refractivity contribution is 5.85. The minimum absolute atomic E-state index is 0.334. The monoisotopic (exact) mass is 270 g/mol. The Morgan fingerprint density at radius 1 is 1.15 bits per heavy atom. The predicted molar refractivity (Wildman–Crippen MR) is 86.1 cm³/mol. The van der Waals surface area contributed by atoms with Gasteiger partial charge in [-0.2, -0.15) is 0 Å². The number of aromatic amines is 1. The van der Waals surface area contributed by atoms with Crippen LogP contribution in [0.1, 0.15) is 55.7 Å². The Hall–Kier alpha value is -1.28. The van der Waals surface area contributed by atoms with E-state index in [2.05, 4.69) is 30.2 Å². The van der Waals surface area contributed by atoms with Gasteiger partial charge in [0.15, 0.2) is 0 Å². The van der Waals surface area contributed by atoms with Crippen molar-refractivity contribution in [3.8, 4) is 0 Å². The van der Waals surface area contributed by atoms with E-state index < -0.39 is 0 Å². The van der Waals surface area contributed by atoms with Crippen LogP contribution in [0.5, 0.6) is 0 Å². The van der Waals surface area contributed by atoms with Crippen LogP contribution in [0.25, 0.3) is 10.9 Å². The summed E-state index contributed by atoms with van der Waals surface area (Å²) in [6, 6.07) is 5.17. The first kappa shape index (κ1) is 13.7. The lowest BCUT2D eigenvalue weighted by Gasteiger charge is -2.09. The summed E-state index contributed by atoms with van der Waals surface area (Å²) >= 11 is 0. The molecule has 1 heterocycles. The molecule has 1 aliphatic carbocycles. The Bertz CT molecular complexity index is 582. The summed E-state index contributed by atoms with van der Waals surface area (Å²) in [5.74, 6) is 0. The second-order valence-corrected chi connectivity index (χ2v) is 6.25. The smallest absolute Gasteiger partial charge is 0.0459 e. The van der Waals surface area contributed by atoms with E-state index in [9.17, 15) is 0 Å². The third-order valence-electron chi connectivity index (χ3n) is 4.79. The van der Waals surface area contributed by atoms with Gasteiger partial charge in [0, 0.05) is 23.1 Å². The van der Waals surface area contributed by atoms with Crippen molar-refractivity contribution in [3.05, 3.63) is 35.0 Å². The molecule has 3 rings (SSSR count). The van der Waals surface area contributed by atoms with Crippen molar-refractivity contribution in [3.63, 3.8) is 0 Å². The van der Waals surface area contributed by atoms with Gasteiger partial charge in [-0.25, -0.2) is 0 Å². The van der Waals surface area contributed by atoms with E-state index in [0.29, 0.717) is 6.04 Å². The molecule has 0 amide bonds. The predicted octanol–water partition coefficient (Wildman–Crippen LogP) is 4.11. The van der Waals surface area contributed by atoms with Gasteiger partial charge in [-0.15, -0.1) is 0 Å². The fraction of sp³-hybridized carbons (Fsp3) is 0.556. The molecule has 0 saturated heterocycles. The molecule has 1 atom stereocenters. The topological polar surface area (TPSA) is 41.8 Å². The summed E-state index contributed by atoms with van der Waals surface area (Å²) < 4.78 is 0. The van der Waals surface area contributed by atoms with E-state index >= 15 is 0 Å². The molecule has 0 fully saturated rings. The Kier molecular flexibility index (Phi) is 4.11. The van der Waals surface area contributed by atoms with Crippen LogP contribution in [0.3, 0.4) is 0 Å². The van der Waals surface area contributed by atoms with Crippen molar-refractivity contribution in [2.45, 2.75) is 64.3 Å². The number of aryl methyl sites for hydroxylation is 3. The highest BCUT2D eigenvalue weighted by Gasteiger charge is 2.12. The van der Waals surface area contributed by atoms with Gasteiger partial charge in [-0.05, 0) is 73.8 Å². The van der Waals surface area contributed by atoms with Crippen molar-refractivity contribution < 1.29 is 0 Å². The second-order valence-electron chi connectivity index (χ2n) is 6.25. The number of rotatable bonds is 4. The number of benzene rings is 1. The van der Waals surface area contributed by atoms with Gasteiger partial charge in [-0.3, -0.25) is 0 Å². The highest BCUT2D eigenvalue weighted by Crippen LogP contribution is 2.28. The molecule has 1 aromatic heterocycles. The van der Waals surface area contributed by atoms with Crippen LogP contribution in [0.4, 0.5) is 0 Å². The van der Waals surface area contributed by atoms with Crippen LogP contribution >= 0.6 is 0 Å². The maximum absolute atomic E-state index is 6.05. The van der Waals surface area contributed by atoms with Gasteiger partial charge in [0.1, 0.15) is 0 Å². The molecule has 1 aliphatic rings. The minimum atomic E-state index is 0.334. The first-order valence-electron chi connectivity index (χ1n) is 8.15. The van der Waals surface area contributed by atoms with Gasteiger partial charge in [0.2, 0.25) is 0 Å². The third kappa shape index (κ3) is 2.76. The molecule has 2 nitrogen and oxygen atoms in total. The summed E-state index contributed by atoms with van der Waals surface area (Å²) in [4.78, 5) is 3.46. The molecule has 0 radical (unpaired) electrons. The van der Waals surface area contributed by atoms with Crippen LogP contribution in [0.2, 0.25) is 0 Å². The van der Waals surface area contributed by atoms with E-state index in [1.807, 2.05) is 0 Å². The molecular formula is C18H26N2. The van der Waals surface area contributed by atoms with Crippen LogP contribution in [-0.4, -0.2) is 11.0 Å². The normalized spacial score (nSPS) is 16.9. The molecular weight excluding hydrogens is 244 g/mol. The second kappa shape index (κ2) is 6.01. The molecule has 20 heavy (non-hydrogen) atoms. The van der Waals surface area contributed by atoms with E-state index in [0.717, 1.165) is 19.3 Å². The van der Waals surface area contributed by atoms with E-state index in [1.54, 1.807) is 11.1 Å². The lowest BCUT2D eigenvalue weighted by Crippen LogP contribution is -2.18. The number of hydrogen-bond donors (Lipinski definition) is 2. The van der Waals surface area contributed by atoms with Gasteiger partial charge >= 0.3 is 0 Å². The summed E-state index contributed by atoms with van der Waals surface area (Å²) in [5.41, 5.74) is 11.9. The Morgan fingerprint density at radius 2 is 1.90 bits per heavy atom. The number of hydrogen-bond acceptors (Lipinski definition) is 1. The summed E-state index contributed by atoms with van der Waals surface area (Å²) in [5, 5.41) is 1.42. The number of fused-ring (bicyclic) bond motifs is 2. The molecule has 2 aromatic rings. The molecule has 0 spiro atoms. The SMILES string of the molecule is CCC(N)CCc1c[nH]c2cc3c(cc12)CCCCC3. The molecule has 0 saturated carbocycles. The fourth-order valence-electron chi connectivity index (χ4n) is 3.34. The fourth-order valence-corrected chi connectivity index (χ4v) is 3.34. The summed E-state index contributed by atoms with van der Waals surface area (Å²) in [7, 11) is 0. The van der Waals surface area contributed by atoms with Crippen LogP contribution in [0, 0.1) is 0 Å². The average molecular weight is 270 g/mol. The van der Waals surface area contributed by atoms with Crippen molar-refractivity contribution in [1.82, 2.24) is 4.98 Å². The Balaban J connectivity index is 1.89. The van der Waals surface area contributed by atoms with Crippen molar-refractivity contribution in [1.29, 1.82) is 0 Å². The zero-order chi connectivity index (χ0) is 13.9. The number of nitrogens with one attached hydrogen (secondary N) is 1. The van der Waals surface area contributed by atoms with Crippen molar-refractivity contribution >= 4 is 10.9 Å². The van der Waals surface area contributed by atoms with Crippen LogP contribution in [0.15, 0.2) is 18.3 Å². The Morgan fingerprint density at radius 3 is 2.65 bits per heavy atom. The number of aromatic nitrogens is 1. The van der Waals surface area contributed by atoms with Gasteiger partial charge in [0.25, 0.3) is 0 Å². The van der Waals surface area contributed by atoms with Gasteiger partial charge in [0.05, 0.1) is 0 Å². The molecule has 1 aromatic carbocycles. The molecule has 0 aliphatic heterocycles. The van der Waals surface area contributed by atoms with E-state index in [4.69, 9.17) is 5.73 Å². The third-order valence-corrected chi connectivity index (χ3v) is 4.79. The van der Waals surface area contributed by atoms with Gasteiger partial charge in [-0.1, -0.05) is 13.3 Å². The summed E-state index contributed by atoms with van der Waals surface area (Å²) in [6.07, 6.45) is 12.0. The van der Waals surface area contributed by atoms with Crippen LogP contribution < -0.4 is 5.73 Å². The number of H-pyrrole nitrogens is 1. The van der Waals surface area contributed by atoms with E-state index in [-0.39, 0.29) is 0 Å². The minimum Gasteiger partial charge on any atom is -0.361 e. The zero-order valence-corrected chi connectivity index (χ0v) is 12.5. The maximum atomic E-state index is 6.05. The quantitative estimate of drug-likeness (QED) is 0.807. The van der Waals surface area contributed by atoms with Crippen molar-refractivity contribution in [2.24, 2.45) is 5.73 Å². The number of nitrogens with two attached hydrogens (primary N) is 1. The van der Waals surface area contributed by atoms with Gasteiger partial charge < -0.3 is 10.7 Å². The molecule has 108 valence electrons. The lowest BCUT2D eigenvalue weighted by molar-refractivity contribution is 0.597. The lowest BCUT2D eigenvalue weighted by atomic mass is 9.97. The molecule has 2 heteroatoms. The summed E-state index contributed by atoms with van der Waals surface area (Å²) in [6.45, 7) is 2.17. The standard InChI is InChI=1S/C18H26N2/c1-2-16(19)9-8-15-12-20-18-11-14-7-5-3-4-6-13(14)10-17(15)18/h10-12,16,20H,2-9,19H2,1H3. The average Bonchev–Trinajstić information content (AvgIpc) is 2.70. The zero-order valence-electron chi connectivity index (χ0n) is 12.5. The first-order chi connectivity index (χ1) is 9.78.